The molecule has 1 aromatic carbocycles. The Bertz CT molecular complexity index is 835. The van der Waals surface area contributed by atoms with Gasteiger partial charge in [-0.25, -0.2) is 0 Å². The van der Waals surface area contributed by atoms with Gasteiger partial charge in [0.2, 0.25) is 0 Å². The summed E-state index contributed by atoms with van der Waals surface area (Å²) in [6.45, 7) is 2.70. The van der Waals surface area contributed by atoms with Crippen molar-refractivity contribution in [1.82, 2.24) is 19.5 Å². The van der Waals surface area contributed by atoms with Gasteiger partial charge < -0.3 is 4.98 Å². The van der Waals surface area contributed by atoms with Crippen LogP contribution >= 0.6 is 23.1 Å². The van der Waals surface area contributed by atoms with Crippen LogP contribution < -0.4 is 0 Å². The quantitative estimate of drug-likeness (QED) is 0.790. The molecule has 6 heteroatoms. The highest BCUT2D eigenvalue weighted by Gasteiger charge is 2.17. The van der Waals surface area contributed by atoms with Crippen molar-refractivity contribution in [3.63, 3.8) is 0 Å². The Morgan fingerprint density at radius 3 is 3.00 bits per heavy atom. The predicted octanol–water partition coefficient (Wildman–Crippen LogP) is 3.96. The summed E-state index contributed by atoms with van der Waals surface area (Å²) in [5.74, 6) is 0. The van der Waals surface area contributed by atoms with Crippen LogP contribution in [0.4, 0.5) is 0 Å². The molecule has 4 rings (SSSR count). The smallest absolute Gasteiger partial charge is 0.138 e. The van der Waals surface area contributed by atoms with Crippen LogP contribution in [0.5, 0.6) is 0 Å². The Hall–Kier alpha value is -1.69. The topological polar surface area (TPSA) is 44.8 Å². The van der Waals surface area contributed by atoms with Gasteiger partial charge in [0.25, 0.3) is 0 Å². The molecule has 2 aromatic heterocycles. The van der Waals surface area contributed by atoms with Crippen molar-refractivity contribution in [1.29, 1.82) is 0 Å². The maximum atomic E-state index is 6.08. The van der Waals surface area contributed by atoms with Gasteiger partial charge in [-0.1, -0.05) is 40.4 Å². The summed E-state index contributed by atoms with van der Waals surface area (Å²) in [7, 11) is 0. The molecule has 0 saturated carbocycles. The lowest BCUT2D eigenvalue weighted by molar-refractivity contribution is 0.290. The third kappa shape index (κ3) is 2.56. The molecule has 0 unspecified atom stereocenters. The van der Waals surface area contributed by atoms with E-state index in [1.54, 1.807) is 0 Å². The average molecular weight is 331 g/mol. The van der Waals surface area contributed by atoms with E-state index in [1.165, 1.54) is 33.6 Å². The van der Waals surface area contributed by atoms with Crippen LogP contribution in [0.2, 0.25) is 4.34 Å². The molecule has 0 bridgehead atoms. The zero-order valence-corrected chi connectivity index (χ0v) is 13.5. The van der Waals surface area contributed by atoms with Gasteiger partial charge in [-0.15, -0.1) is 5.10 Å². The van der Waals surface area contributed by atoms with E-state index in [1.807, 2.05) is 0 Å². The summed E-state index contributed by atoms with van der Waals surface area (Å²) in [6.07, 6.45) is 5.47. The van der Waals surface area contributed by atoms with Crippen LogP contribution in [0, 0.1) is 0 Å². The number of hydrogen-bond acceptors (Lipinski definition) is 4. The number of fused-ring (bicyclic) bond motifs is 1. The van der Waals surface area contributed by atoms with Gasteiger partial charge >= 0.3 is 0 Å². The van der Waals surface area contributed by atoms with Crippen molar-refractivity contribution in [3.05, 3.63) is 52.1 Å². The number of benzene rings is 1. The molecule has 3 aromatic rings. The minimum Gasteiger partial charge on any atom is -0.361 e. The highest BCUT2D eigenvalue weighted by molar-refractivity contribution is 7.10. The van der Waals surface area contributed by atoms with Gasteiger partial charge in [0.15, 0.2) is 0 Å². The molecule has 112 valence electrons. The maximum absolute atomic E-state index is 6.08. The van der Waals surface area contributed by atoms with Crippen molar-refractivity contribution < 1.29 is 0 Å². The third-order valence-electron chi connectivity index (χ3n) is 4.11. The Labute approximate surface area is 137 Å². The molecular formula is C16H15ClN4S. The van der Waals surface area contributed by atoms with Gasteiger partial charge in [-0.3, -0.25) is 4.90 Å². The van der Waals surface area contributed by atoms with Crippen LogP contribution in [-0.4, -0.2) is 32.6 Å². The summed E-state index contributed by atoms with van der Waals surface area (Å²) in [4.78, 5) is 5.70. The normalized spacial score (nSPS) is 16.1. The van der Waals surface area contributed by atoms with Crippen molar-refractivity contribution in [2.75, 3.05) is 13.1 Å². The van der Waals surface area contributed by atoms with Crippen LogP contribution in [0.25, 0.3) is 16.5 Å². The fourth-order valence-electron chi connectivity index (χ4n) is 2.94. The average Bonchev–Trinajstić information content (AvgIpc) is 3.15. The van der Waals surface area contributed by atoms with E-state index < -0.39 is 0 Å². The van der Waals surface area contributed by atoms with Gasteiger partial charge in [0, 0.05) is 53.8 Å². The van der Waals surface area contributed by atoms with E-state index in [0.717, 1.165) is 31.7 Å². The Balaban J connectivity index is 1.53. The highest BCUT2D eigenvalue weighted by Crippen LogP contribution is 2.29. The number of rotatable bonds is 3. The van der Waals surface area contributed by atoms with Crippen molar-refractivity contribution in [2.45, 2.75) is 13.0 Å². The van der Waals surface area contributed by atoms with E-state index in [-0.39, 0.29) is 0 Å². The lowest BCUT2D eigenvalue weighted by Gasteiger charge is -2.25. The number of aromatic nitrogens is 3. The predicted molar refractivity (Wildman–Crippen MR) is 91.1 cm³/mol. The van der Waals surface area contributed by atoms with E-state index in [2.05, 4.69) is 56.0 Å². The fraction of sp³-hybridized carbons (Fsp3) is 0.250. The number of nitrogens with one attached hydrogen (secondary N) is 1. The van der Waals surface area contributed by atoms with Gasteiger partial charge in [0.05, 0.1) is 0 Å². The van der Waals surface area contributed by atoms with E-state index >= 15 is 0 Å². The first-order valence-electron chi connectivity index (χ1n) is 7.26. The van der Waals surface area contributed by atoms with Crippen LogP contribution in [-0.2, 0) is 6.54 Å². The Morgan fingerprint density at radius 1 is 1.32 bits per heavy atom. The summed E-state index contributed by atoms with van der Waals surface area (Å²) >= 11 is 7.33. The largest absolute Gasteiger partial charge is 0.361 e. The first kappa shape index (κ1) is 13.9. The zero-order valence-electron chi connectivity index (χ0n) is 11.9. The standard InChI is InChI=1S/C16H15ClN4S/c17-16-15(19-20-22-16)10-21-7-5-11(6-8-21)13-9-18-14-4-2-1-3-12(13)14/h1-5,9,18H,6-8,10H2. The molecule has 1 aliphatic rings. The molecule has 0 aliphatic carbocycles. The maximum Gasteiger partial charge on any atom is 0.138 e. The number of hydrogen-bond donors (Lipinski definition) is 1. The molecule has 0 saturated heterocycles. The number of nitrogens with zero attached hydrogens (tertiary/aromatic N) is 3. The lowest BCUT2D eigenvalue weighted by Crippen LogP contribution is -2.28. The first-order valence-corrected chi connectivity index (χ1v) is 8.41. The van der Waals surface area contributed by atoms with E-state index in [4.69, 9.17) is 11.6 Å². The number of H-pyrrole nitrogens is 1. The molecular weight excluding hydrogens is 316 g/mol. The second-order valence-electron chi connectivity index (χ2n) is 5.46. The van der Waals surface area contributed by atoms with Crippen molar-refractivity contribution in [2.24, 2.45) is 0 Å². The Kier molecular flexibility index (Phi) is 3.70. The summed E-state index contributed by atoms with van der Waals surface area (Å²) < 4.78 is 4.59. The van der Waals surface area contributed by atoms with Crippen molar-refractivity contribution >= 4 is 39.6 Å². The van der Waals surface area contributed by atoms with Crippen LogP contribution in [0.1, 0.15) is 17.7 Å². The van der Waals surface area contributed by atoms with E-state index in [9.17, 15) is 0 Å². The first-order chi connectivity index (χ1) is 10.8. The summed E-state index contributed by atoms with van der Waals surface area (Å²) in [6, 6.07) is 8.44. The monoisotopic (exact) mass is 330 g/mol. The molecule has 0 radical (unpaired) electrons. The molecule has 1 aliphatic heterocycles. The second kappa shape index (κ2) is 5.83. The van der Waals surface area contributed by atoms with Gasteiger partial charge in [0.1, 0.15) is 10.0 Å². The summed E-state index contributed by atoms with van der Waals surface area (Å²) in [5.41, 5.74) is 4.82. The third-order valence-corrected chi connectivity index (χ3v) is 5.10. The van der Waals surface area contributed by atoms with Gasteiger partial charge in [-0.2, -0.15) is 0 Å². The lowest BCUT2D eigenvalue weighted by atomic mass is 9.99. The van der Waals surface area contributed by atoms with Crippen LogP contribution in [0.3, 0.4) is 0 Å². The molecule has 3 heterocycles. The minimum absolute atomic E-state index is 0.700. The zero-order chi connectivity index (χ0) is 14.9. The number of halogens is 1. The molecule has 0 spiro atoms. The minimum atomic E-state index is 0.700. The molecule has 0 fully saturated rings. The van der Waals surface area contributed by atoms with Crippen LogP contribution in [0.15, 0.2) is 36.5 Å². The van der Waals surface area contributed by atoms with E-state index in [0.29, 0.717) is 4.34 Å². The van der Waals surface area contributed by atoms with Gasteiger partial charge in [-0.05, 0) is 18.1 Å². The molecule has 0 atom stereocenters. The molecule has 0 amide bonds. The Morgan fingerprint density at radius 2 is 2.23 bits per heavy atom. The molecule has 4 nitrogen and oxygen atoms in total. The SMILES string of the molecule is Clc1snnc1CN1CC=C(c2c[nH]c3ccccc23)CC1. The number of aromatic amines is 1. The molecule has 22 heavy (non-hydrogen) atoms. The fourth-order valence-corrected chi connectivity index (χ4v) is 3.55. The molecule has 1 N–H and O–H groups in total. The summed E-state index contributed by atoms with van der Waals surface area (Å²) in [5, 5.41) is 5.39. The number of para-hydroxylation sites is 1. The second-order valence-corrected chi connectivity index (χ2v) is 6.81. The van der Waals surface area contributed by atoms with Crippen molar-refractivity contribution in [3.8, 4) is 0 Å². The highest BCUT2D eigenvalue weighted by atomic mass is 35.5.